The third kappa shape index (κ3) is 3.41. The van der Waals surface area contributed by atoms with Gasteiger partial charge in [0.2, 0.25) is 0 Å². The van der Waals surface area contributed by atoms with E-state index in [2.05, 4.69) is 23.0 Å². The largest absolute Gasteiger partial charge is 0.416 e. The molecule has 6 heteroatoms. The molecule has 2 nitrogen and oxygen atoms in total. The molecular weight excluding hydrogens is 457 g/mol. The molecule has 0 unspecified atom stereocenters. The smallest absolute Gasteiger partial charge is 0.347 e. The van der Waals surface area contributed by atoms with Gasteiger partial charge in [0.15, 0.2) is 0 Å². The zero-order valence-electron chi connectivity index (χ0n) is 18.9. The fraction of sp³-hybridized carbons (Fsp3) is 0.214. The van der Waals surface area contributed by atoms with E-state index in [0.717, 1.165) is 58.2 Å². The fourth-order valence-corrected chi connectivity index (χ4v) is 5.34. The van der Waals surface area contributed by atoms with Gasteiger partial charge in [-0.25, -0.2) is 0 Å². The monoisotopic (exact) mass is 480 g/mol. The Balaban J connectivity index is 1.86. The van der Waals surface area contributed by atoms with Crippen molar-refractivity contribution in [3.8, 4) is 0 Å². The van der Waals surface area contributed by atoms with Crippen LogP contribution in [0.1, 0.15) is 36.1 Å². The number of hydrogen-bond acceptors (Lipinski definition) is 0. The van der Waals surface area contributed by atoms with Crippen LogP contribution in [0.15, 0.2) is 85.2 Å². The van der Waals surface area contributed by atoms with E-state index in [0.29, 0.717) is 5.56 Å². The van der Waals surface area contributed by atoms with Crippen molar-refractivity contribution in [3.63, 3.8) is 0 Å². The summed E-state index contributed by atoms with van der Waals surface area (Å²) in [5, 5.41) is 1.96. The number of alkyl halides is 4. The lowest BCUT2D eigenvalue weighted by atomic mass is 9.83. The first-order valence-electron chi connectivity index (χ1n) is 11.3. The highest BCUT2D eigenvalue weighted by Crippen LogP contribution is 2.49. The molecule has 174 valence electrons. The maximum absolute atomic E-state index is 13.3. The number of para-hydroxylation sites is 2. The summed E-state index contributed by atoms with van der Waals surface area (Å²) in [6.07, 6.45) is -0.342. The maximum atomic E-state index is 13.3. The van der Waals surface area contributed by atoms with Gasteiger partial charge in [-0.3, -0.25) is 0 Å². The molecule has 0 aliphatic heterocycles. The molecule has 0 N–H and O–H groups in total. The molecular formula is C28H24ClF3N2. The number of benzene rings is 3. The summed E-state index contributed by atoms with van der Waals surface area (Å²) >= 11 is 7.67. The summed E-state index contributed by atoms with van der Waals surface area (Å²) < 4.78 is 44.3. The predicted molar refractivity (Wildman–Crippen MR) is 132 cm³/mol. The molecule has 5 aromatic rings. The van der Waals surface area contributed by atoms with E-state index in [1.54, 1.807) is 0 Å². The highest BCUT2D eigenvalue weighted by molar-refractivity contribution is 6.30. The first-order chi connectivity index (χ1) is 16.3. The highest BCUT2D eigenvalue weighted by Gasteiger charge is 2.40. The number of fused-ring (bicyclic) bond motifs is 2. The second-order valence-corrected chi connectivity index (χ2v) is 8.99. The van der Waals surface area contributed by atoms with E-state index >= 15 is 0 Å². The second kappa shape index (κ2) is 8.24. The standard InChI is InChI=1S/C28H24ClF3N2/c1-3-33-17-23(21-9-5-7-11-25(21)33)27(29,19-13-15-20(16-14-19)28(30,31)32)24-18-34(4-2)26-12-8-6-10-22(24)26/h5-18H,3-4H2,1-2H3. The molecule has 0 saturated carbocycles. The fourth-order valence-electron chi connectivity index (χ4n) is 4.91. The number of rotatable bonds is 5. The summed E-state index contributed by atoms with van der Waals surface area (Å²) in [6.45, 7) is 5.62. The Labute approximate surface area is 201 Å². The van der Waals surface area contributed by atoms with Crippen molar-refractivity contribution in [2.45, 2.75) is 38.0 Å². The van der Waals surface area contributed by atoms with Crippen LogP contribution in [0, 0.1) is 0 Å². The van der Waals surface area contributed by atoms with Crippen LogP contribution in [-0.2, 0) is 24.1 Å². The van der Waals surface area contributed by atoms with Gasteiger partial charge in [0.05, 0.1) is 5.56 Å². The van der Waals surface area contributed by atoms with E-state index in [9.17, 15) is 13.2 Å². The van der Waals surface area contributed by atoms with Gasteiger partial charge in [0.1, 0.15) is 4.87 Å². The average Bonchev–Trinajstić information content (AvgIpc) is 3.42. The Morgan fingerprint density at radius 3 is 1.47 bits per heavy atom. The van der Waals surface area contributed by atoms with Gasteiger partial charge in [0.25, 0.3) is 0 Å². The van der Waals surface area contributed by atoms with Gasteiger partial charge in [-0.1, -0.05) is 48.5 Å². The second-order valence-electron chi connectivity index (χ2n) is 8.43. The third-order valence-corrected chi connectivity index (χ3v) is 7.24. The minimum atomic E-state index is -4.41. The topological polar surface area (TPSA) is 9.86 Å². The number of hydrogen-bond donors (Lipinski definition) is 0. The van der Waals surface area contributed by atoms with Gasteiger partial charge < -0.3 is 9.13 Å². The quantitative estimate of drug-likeness (QED) is 0.224. The van der Waals surface area contributed by atoms with Crippen LogP contribution in [0.5, 0.6) is 0 Å². The molecule has 0 bridgehead atoms. The van der Waals surface area contributed by atoms with Crippen molar-refractivity contribution in [1.82, 2.24) is 9.13 Å². The van der Waals surface area contributed by atoms with E-state index in [-0.39, 0.29) is 0 Å². The first-order valence-corrected chi connectivity index (χ1v) is 11.7. The highest BCUT2D eigenvalue weighted by atomic mass is 35.5. The SMILES string of the molecule is CCn1cc(C(Cl)(c2ccc(C(F)(F)F)cc2)c2cn(CC)c3ccccc23)c2ccccc21. The maximum Gasteiger partial charge on any atom is 0.416 e. The Bertz CT molecular complexity index is 1390. The molecule has 0 amide bonds. The zero-order chi connectivity index (χ0) is 24.1. The van der Waals surface area contributed by atoms with Crippen LogP contribution in [0.2, 0.25) is 0 Å². The molecule has 0 saturated heterocycles. The normalized spacial score (nSPS) is 12.6. The molecule has 3 aromatic carbocycles. The van der Waals surface area contributed by atoms with E-state index < -0.39 is 16.6 Å². The lowest BCUT2D eigenvalue weighted by Gasteiger charge is -2.28. The molecule has 5 rings (SSSR count). The summed E-state index contributed by atoms with van der Waals surface area (Å²) in [4.78, 5) is -1.19. The molecule has 0 aliphatic rings. The first kappa shape index (κ1) is 22.6. The lowest BCUT2D eigenvalue weighted by Crippen LogP contribution is -2.22. The molecule has 0 aliphatic carbocycles. The number of aryl methyl sites for hydroxylation is 2. The van der Waals surface area contributed by atoms with E-state index in [1.165, 1.54) is 12.1 Å². The molecule has 0 fully saturated rings. The Hall–Kier alpha value is -3.18. The van der Waals surface area contributed by atoms with Crippen molar-refractivity contribution in [1.29, 1.82) is 0 Å². The minimum Gasteiger partial charge on any atom is -0.347 e. The van der Waals surface area contributed by atoms with E-state index in [4.69, 9.17) is 11.6 Å². The number of halogens is 4. The number of nitrogens with zero attached hydrogens (tertiary/aromatic N) is 2. The lowest BCUT2D eigenvalue weighted by molar-refractivity contribution is -0.137. The van der Waals surface area contributed by atoms with Gasteiger partial charge in [-0.15, -0.1) is 11.6 Å². The van der Waals surface area contributed by atoms with Gasteiger partial charge >= 0.3 is 6.18 Å². The zero-order valence-corrected chi connectivity index (χ0v) is 19.7. The van der Waals surface area contributed by atoms with Crippen molar-refractivity contribution >= 4 is 33.4 Å². The predicted octanol–water partition coefficient (Wildman–Crippen LogP) is 8.19. The Morgan fingerprint density at radius 2 is 1.06 bits per heavy atom. The van der Waals surface area contributed by atoms with Crippen LogP contribution in [0.25, 0.3) is 21.8 Å². The summed E-state index contributed by atoms with van der Waals surface area (Å²) in [7, 11) is 0. The van der Waals surface area contributed by atoms with Crippen LogP contribution >= 0.6 is 11.6 Å². The van der Waals surface area contributed by atoms with Crippen LogP contribution in [0.3, 0.4) is 0 Å². The summed E-state index contributed by atoms with van der Waals surface area (Å²) in [5.74, 6) is 0. The molecule has 0 atom stereocenters. The van der Waals surface area contributed by atoms with Crippen molar-refractivity contribution in [2.24, 2.45) is 0 Å². The van der Waals surface area contributed by atoms with Gasteiger partial charge in [-0.05, 0) is 43.7 Å². The third-order valence-electron chi connectivity index (χ3n) is 6.61. The average molecular weight is 481 g/mol. The van der Waals surface area contributed by atoms with Crippen molar-refractivity contribution in [2.75, 3.05) is 0 Å². The molecule has 0 radical (unpaired) electrons. The molecule has 2 heterocycles. The van der Waals surface area contributed by atoms with Crippen LogP contribution in [-0.4, -0.2) is 9.13 Å². The van der Waals surface area contributed by atoms with Crippen molar-refractivity contribution in [3.05, 3.63) is 107 Å². The molecule has 0 spiro atoms. The van der Waals surface area contributed by atoms with Crippen LogP contribution in [0.4, 0.5) is 13.2 Å². The Kier molecular flexibility index (Phi) is 5.48. The summed E-state index contributed by atoms with van der Waals surface area (Å²) in [5.41, 5.74) is 3.69. The molecule has 34 heavy (non-hydrogen) atoms. The number of aromatic nitrogens is 2. The van der Waals surface area contributed by atoms with Gasteiger partial charge in [0, 0.05) is 58.4 Å². The Morgan fingerprint density at radius 1 is 0.647 bits per heavy atom. The van der Waals surface area contributed by atoms with Crippen LogP contribution < -0.4 is 0 Å². The summed E-state index contributed by atoms with van der Waals surface area (Å²) in [6, 6.07) is 21.3. The minimum absolute atomic E-state index is 0.597. The van der Waals surface area contributed by atoms with E-state index in [1.807, 2.05) is 60.9 Å². The molecule has 2 aromatic heterocycles. The van der Waals surface area contributed by atoms with Crippen molar-refractivity contribution < 1.29 is 13.2 Å². The van der Waals surface area contributed by atoms with Gasteiger partial charge in [-0.2, -0.15) is 13.2 Å².